The van der Waals surface area contributed by atoms with Crippen LogP contribution in [0.4, 0.5) is 11.4 Å². The molecule has 0 aliphatic heterocycles. The summed E-state index contributed by atoms with van der Waals surface area (Å²) in [5.41, 5.74) is 7.48. The number of para-hydroxylation sites is 2. The van der Waals surface area contributed by atoms with E-state index in [9.17, 15) is 20.4 Å². The largest absolute Gasteiger partial charge is 0.504 e. The number of rotatable bonds is 11. The minimum atomic E-state index is -0.268. The van der Waals surface area contributed by atoms with Crippen LogP contribution in [0.2, 0.25) is 0 Å². The zero-order valence-corrected chi connectivity index (χ0v) is 18.9. The highest BCUT2D eigenvalue weighted by Gasteiger charge is 2.10. The first-order valence-electron chi connectivity index (χ1n) is 10.3. The van der Waals surface area contributed by atoms with Crippen LogP contribution < -0.4 is 20.1 Å². The number of ether oxygens (including phenoxy) is 2. The van der Waals surface area contributed by atoms with E-state index in [2.05, 4.69) is 4.90 Å². The van der Waals surface area contributed by atoms with Gasteiger partial charge in [0.05, 0.1) is 13.2 Å². The van der Waals surface area contributed by atoms with Crippen molar-refractivity contribution in [1.29, 1.82) is 0 Å². The number of nitrogen functional groups attached to an aromatic ring is 1. The van der Waals surface area contributed by atoms with Crippen LogP contribution in [0.1, 0.15) is 12.8 Å². The number of hydrogen-bond acceptors (Lipinski definition) is 8. The molecule has 8 nitrogen and oxygen atoms in total. The third kappa shape index (κ3) is 7.18. The maximum atomic E-state index is 9.84. The summed E-state index contributed by atoms with van der Waals surface area (Å²) in [5, 5.41) is 38.8. The molecule has 3 aromatic carbocycles. The van der Waals surface area contributed by atoms with E-state index in [-0.39, 0.29) is 46.9 Å². The molecule has 3 rings (SSSR count). The summed E-state index contributed by atoms with van der Waals surface area (Å²) in [6.07, 6.45) is 1.35. The average molecular weight is 477 g/mol. The van der Waals surface area contributed by atoms with Crippen molar-refractivity contribution >= 4 is 23.8 Å². The molecule has 33 heavy (non-hydrogen) atoms. The quantitative estimate of drug-likeness (QED) is 0.158. The smallest absolute Gasteiger partial charge is 0.200 e. The van der Waals surface area contributed by atoms with Gasteiger partial charge in [-0.1, -0.05) is 12.1 Å². The standard InChI is InChI=1S/C24H28N2O6.ClH/c25-17-9-11-18(12-10-17)26(13-3-15-31-21-7-1-5-19(27)23(21)29)14-4-16-32-22-8-2-6-20(28)24(22)30;/h1-2,5-12,27-30H,3-4,13-16,25H2;1H. The lowest BCUT2D eigenvalue weighted by atomic mass is 10.2. The van der Waals surface area contributed by atoms with Crippen LogP contribution in [0, 0.1) is 0 Å². The lowest BCUT2D eigenvalue weighted by Crippen LogP contribution is -2.28. The van der Waals surface area contributed by atoms with Gasteiger partial charge in [0.15, 0.2) is 23.0 Å². The Balaban J connectivity index is 0.00000385. The van der Waals surface area contributed by atoms with Crippen molar-refractivity contribution in [2.24, 2.45) is 0 Å². The Labute approximate surface area is 198 Å². The van der Waals surface area contributed by atoms with Gasteiger partial charge in [0.1, 0.15) is 0 Å². The van der Waals surface area contributed by atoms with Gasteiger partial charge in [0.25, 0.3) is 0 Å². The Bertz CT molecular complexity index is 957. The summed E-state index contributed by atoms with van der Waals surface area (Å²) in [7, 11) is 0. The molecule has 3 aromatic rings. The van der Waals surface area contributed by atoms with Crippen molar-refractivity contribution < 1.29 is 29.9 Å². The summed E-state index contributed by atoms with van der Waals surface area (Å²) in [5.74, 6) is -0.496. The van der Waals surface area contributed by atoms with E-state index in [0.717, 1.165) is 5.69 Å². The van der Waals surface area contributed by atoms with Crippen molar-refractivity contribution in [2.45, 2.75) is 12.8 Å². The van der Waals surface area contributed by atoms with Gasteiger partial charge in [-0.25, -0.2) is 0 Å². The lowest BCUT2D eigenvalue weighted by Gasteiger charge is -2.25. The van der Waals surface area contributed by atoms with Crippen LogP contribution >= 0.6 is 12.4 Å². The zero-order chi connectivity index (χ0) is 22.9. The van der Waals surface area contributed by atoms with Crippen LogP contribution in [0.3, 0.4) is 0 Å². The first kappa shape index (κ1) is 25.6. The molecule has 6 N–H and O–H groups in total. The fraction of sp³-hybridized carbons (Fsp3) is 0.250. The Morgan fingerprint density at radius 3 is 1.58 bits per heavy atom. The highest BCUT2D eigenvalue weighted by atomic mass is 35.5. The molecule has 0 spiro atoms. The highest BCUT2D eigenvalue weighted by molar-refractivity contribution is 5.85. The van der Waals surface area contributed by atoms with Crippen molar-refractivity contribution in [2.75, 3.05) is 36.9 Å². The molecule has 0 heterocycles. The number of nitrogens with zero attached hydrogens (tertiary/aromatic N) is 1. The Morgan fingerprint density at radius 2 is 1.12 bits per heavy atom. The van der Waals surface area contributed by atoms with Gasteiger partial charge in [0, 0.05) is 24.5 Å². The molecule has 0 aliphatic carbocycles. The normalized spacial score (nSPS) is 10.3. The second-order valence-corrected chi connectivity index (χ2v) is 7.23. The number of phenols is 4. The molecule has 0 unspecified atom stereocenters. The van der Waals surface area contributed by atoms with E-state index < -0.39 is 0 Å². The topological polar surface area (TPSA) is 129 Å². The fourth-order valence-electron chi connectivity index (χ4n) is 3.18. The van der Waals surface area contributed by atoms with Gasteiger partial charge in [-0.3, -0.25) is 0 Å². The summed E-state index contributed by atoms with van der Waals surface area (Å²) in [6, 6.07) is 16.8. The van der Waals surface area contributed by atoms with Gasteiger partial charge >= 0.3 is 0 Å². The summed E-state index contributed by atoms with van der Waals surface area (Å²) < 4.78 is 11.2. The summed E-state index contributed by atoms with van der Waals surface area (Å²) in [6.45, 7) is 2.08. The van der Waals surface area contributed by atoms with Crippen molar-refractivity contribution in [3.05, 3.63) is 60.7 Å². The molecule has 0 aliphatic rings. The minimum absolute atomic E-state index is 0. The number of halogens is 1. The molecule has 0 saturated carbocycles. The maximum Gasteiger partial charge on any atom is 0.200 e. The first-order valence-corrected chi connectivity index (χ1v) is 10.3. The molecular weight excluding hydrogens is 448 g/mol. The van der Waals surface area contributed by atoms with Crippen LogP contribution in [0.5, 0.6) is 34.5 Å². The third-order valence-corrected chi connectivity index (χ3v) is 4.87. The third-order valence-electron chi connectivity index (χ3n) is 4.87. The fourth-order valence-corrected chi connectivity index (χ4v) is 3.18. The molecule has 0 saturated heterocycles. The average Bonchev–Trinajstić information content (AvgIpc) is 2.78. The SMILES string of the molecule is Cl.Nc1ccc(N(CCCOc2cccc(O)c2O)CCCOc2cccc(O)c2O)cc1. The molecule has 178 valence electrons. The Hall–Kier alpha value is -3.65. The number of anilines is 2. The van der Waals surface area contributed by atoms with E-state index >= 15 is 0 Å². The number of aromatic hydroxyl groups is 4. The summed E-state index contributed by atoms with van der Waals surface area (Å²) >= 11 is 0. The van der Waals surface area contributed by atoms with Crippen molar-refractivity contribution in [1.82, 2.24) is 0 Å². The summed E-state index contributed by atoms with van der Waals surface area (Å²) in [4.78, 5) is 2.16. The molecule has 9 heteroatoms. The molecule has 0 bridgehead atoms. The van der Waals surface area contributed by atoms with Gasteiger partial charge in [-0.15, -0.1) is 12.4 Å². The number of benzene rings is 3. The predicted octanol–water partition coefficient (Wildman–Crippen LogP) is 4.26. The van der Waals surface area contributed by atoms with Gasteiger partial charge in [0.2, 0.25) is 11.5 Å². The molecule has 0 atom stereocenters. The number of phenolic OH excluding ortho intramolecular Hbond substituents is 4. The van der Waals surface area contributed by atoms with E-state index in [1.54, 1.807) is 24.3 Å². The van der Waals surface area contributed by atoms with E-state index in [1.165, 1.54) is 12.1 Å². The number of hydrogen-bond donors (Lipinski definition) is 5. The Morgan fingerprint density at radius 1 is 0.667 bits per heavy atom. The van der Waals surface area contributed by atoms with E-state index in [4.69, 9.17) is 15.2 Å². The molecular formula is C24H29ClN2O6. The second kappa shape index (κ2) is 12.4. The second-order valence-electron chi connectivity index (χ2n) is 7.23. The van der Waals surface area contributed by atoms with Crippen molar-refractivity contribution in [3.63, 3.8) is 0 Å². The van der Waals surface area contributed by atoms with Crippen LogP contribution in [-0.2, 0) is 0 Å². The molecule has 0 aromatic heterocycles. The first-order chi connectivity index (χ1) is 15.5. The zero-order valence-electron chi connectivity index (χ0n) is 18.1. The van der Waals surface area contributed by atoms with Crippen LogP contribution in [-0.4, -0.2) is 46.7 Å². The lowest BCUT2D eigenvalue weighted by molar-refractivity contribution is 0.283. The van der Waals surface area contributed by atoms with Gasteiger partial charge < -0.3 is 40.5 Å². The van der Waals surface area contributed by atoms with Gasteiger partial charge in [-0.2, -0.15) is 0 Å². The van der Waals surface area contributed by atoms with E-state index in [1.807, 2.05) is 24.3 Å². The monoisotopic (exact) mass is 476 g/mol. The number of nitrogens with two attached hydrogens (primary N) is 1. The minimum Gasteiger partial charge on any atom is -0.504 e. The van der Waals surface area contributed by atoms with Crippen molar-refractivity contribution in [3.8, 4) is 34.5 Å². The van der Waals surface area contributed by atoms with E-state index in [0.29, 0.717) is 44.8 Å². The van der Waals surface area contributed by atoms with Crippen LogP contribution in [0.15, 0.2) is 60.7 Å². The van der Waals surface area contributed by atoms with Crippen LogP contribution in [0.25, 0.3) is 0 Å². The molecule has 0 fully saturated rings. The van der Waals surface area contributed by atoms with Gasteiger partial charge in [-0.05, 0) is 61.4 Å². The molecule has 0 amide bonds. The highest BCUT2D eigenvalue weighted by Crippen LogP contribution is 2.35. The molecule has 0 radical (unpaired) electrons. The maximum absolute atomic E-state index is 9.84. The Kier molecular flexibility index (Phi) is 9.62. The predicted molar refractivity (Wildman–Crippen MR) is 130 cm³/mol.